The van der Waals surface area contributed by atoms with Crippen molar-refractivity contribution in [3.05, 3.63) is 47.2 Å². The van der Waals surface area contributed by atoms with E-state index in [9.17, 15) is 9.60 Å². The van der Waals surface area contributed by atoms with E-state index in [0.717, 1.165) is 10.3 Å². The van der Waals surface area contributed by atoms with Crippen LogP contribution >= 0.6 is 0 Å². The summed E-state index contributed by atoms with van der Waals surface area (Å²) < 4.78 is 13.7. The van der Waals surface area contributed by atoms with Gasteiger partial charge in [-0.15, -0.1) is 0 Å². The van der Waals surface area contributed by atoms with Gasteiger partial charge in [0.05, 0.1) is 0 Å². The number of halogens is 1. The third kappa shape index (κ3) is 3.19. The lowest BCUT2D eigenvalue weighted by molar-refractivity contribution is -0.530. The van der Waals surface area contributed by atoms with E-state index < -0.39 is 5.54 Å². The Morgan fingerprint density at radius 3 is 2.47 bits per heavy atom. The Morgan fingerprint density at radius 1 is 1.26 bits per heavy atom. The average molecular weight is 261 g/mol. The van der Waals surface area contributed by atoms with E-state index >= 15 is 0 Å². The Bertz CT molecular complexity index is 594. The molecule has 0 fully saturated rings. The number of H-pyrrole nitrogens is 1. The summed E-state index contributed by atoms with van der Waals surface area (Å²) in [4.78, 5) is 7.26. The molecular formula is C14H16FN3O. The van der Waals surface area contributed by atoms with E-state index in [2.05, 4.69) is 9.97 Å². The van der Waals surface area contributed by atoms with Gasteiger partial charge in [0.25, 0.3) is 0 Å². The van der Waals surface area contributed by atoms with Gasteiger partial charge in [-0.1, -0.05) is 0 Å². The molecule has 0 aliphatic rings. The molecule has 1 heterocycles. The van der Waals surface area contributed by atoms with E-state index in [1.807, 2.05) is 20.8 Å². The molecule has 2 aromatic rings. The molecule has 2 rings (SSSR count). The van der Waals surface area contributed by atoms with Crippen molar-refractivity contribution in [3.63, 3.8) is 0 Å². The van der Waals surface area contributed by atoms with Gasteiger partial charge < -0.3 is 10.2 Å². The first kappa shape index (κ1) is 13.3. The van der Waals surface area contributed by atoms with Gasteiger partial charge >= 0.3 is 0 Å². The molecule has 1 N–H and O–H groups in total. The van der Waals surface area contributed by atoms with Gasteiger partial charge in [-0.2, -0.15) is 0 Å². The highest BCUT2D eigenvalue weighted by Gasteiger charge is 2.18. The van der Waals surface area contributed by atoms with Crippen molar-refractivity contribution < 1.29 is 9.13 Å². The third-order valence-corrected chi connectivity index (χ3v) is 2.63. The minimum atomic E-state index is -0.505. The van der Waals surface area contributed by atoms with Crippen molar-refractivity contribution in [2.45, 2.75) is 26.3 Å². The fraction of sp³-hybridized carbons (Fsp3) is 0.286. The molecule has 0 bridgehead atoms. The summed E-state index contributed by atoms with van der Waals surface area (Å²) >= 11 is 0. The molecule has 0 aliphatic heterocycles. The predicted octanol–water partition coefficient (Wildman–Crippen LogP) is 2.94. The average Bonchev–Trinajstić information content (AvgIpc) is 2.77. The summed E-state index contributed by atoms with van der Waals surface area (Å²) in [6.07, 6.45) is 3.08. The maximum Gasteiger partial charge on any atom is 0.202 e. The lowest BCUT2D eigenvalue weighted by atomic mass is 10.1. The lowest BCUT2D eigenvalue weighted by Gasteiger charge is -2.17. The molecule has 1 aromatic carbocycles. The maximum atomic E-state index is 12.8. The summed E-state index contributed by atoms with van der Waals surface area (Å²) in [5.74, 6) is 0.314. The van der Waals surface area contributed by atoms with Crippen molar-refractivity contribution >= 4 is 6.21 Å². The van der Waals surface area contributed by atoms with Gasteiger partial charge in [0, 0.05) is 32.5 Å². The number of hydroxylamine groups is 1. The lowest BCUT2D eigenvalue weighted by Crippen LogP contribution is -2.29. The molecule has 0 radical (unpaired) electrons. The standard InChI is InChI=1S/C14H16FN3O/c1-14(2,3)18(19)9-12-8-16-13(17-12)10-4-6-11(15)7-5-10/h4-9H,1-3H3,(H,16,17)/b18-9-. The molecule has 100 valence electrons. The Labute approximate surface area is 111 Å². The molecule has 0 amide bonds. The minimum absolute atomic E-state index is 0.291. The number of imidazole rings is 1. The molecule has 0 spiro atoms. The van der Waals surface area contributed by atoms with E-state index in [1.54, 1.807) is 18.3 Å². The van der Waals surface area contributed by atoms with Crippen molar-refractivity contribution in [2.24, 2.45) is 0 Å². The van der Waals surface area contributed by atoms with Crippen LogP contribution in [-0.4, -0.2) is 26.5 Å². The number of benzene rings is 1. The Hall–Kier alpha value is -2.17. The Morgan fingerprint density at radius 2 is 1.89 bits per heavy atom. The molecule has 19 heavy (non-hydrogen) atoms. The second-order valence-electron chi connectivity index (χ2n) is 5.31. The number of rotatable bonds is 2. The quantitative estimate of drug-likeness (QED) is 0.391. The zero-order chi connectivity index (χ0) is 14.0. The minimum Gasteiger partial charge on any atom is -0.623 e. The molecule has 1 aromatic heterocycles. The highest BCUT2D eigenvalue weighted by atomic mass is 19.1. The number of nitrogens with zero attached hydrogens (tertiary/aromatic N) is 2. The first-order chi connectivity index (χ1) is 8.86. The largest absolute Gasteiger partial charge is 0.623 e. The van der Waals surface area contributed by atoms with Crippen LogP contribution in [0.5, 0.6) is 0 Å². The van der Waals surface area contributed by atoms with Crippen molar-refractivity contribution in [3.8, 4) is 11.4 Å². The summed E-state index contributed by atoms with van der Waals surface area (Å²) in [6.45, 7) is 5.47. The number of hydrogen-bond acceptors (Lipinski definition) is 2. The van der Waals surface area contributed by atoms with Gasteiger partial charge in [0.15, 0.2) is 5.54 Å². The SMILES string of the molecule is CC(C)(C)/[N+]([O-])=C/c1c[nH]c(-c2ccc(F)cc2)n1. The fourth-order valence-corrected chi connectivity index (χ4v) is 1.47. The molecule has 0 saturated carbocycles. The van der Waals surface area contributed by atoms with Crippen molar-refractivity contribution in [2.75, 3.05) is 0 Å². The van der Waals surface area contributed by atoms with Crippen LogP contribution < -0.4 is 0 Å². The van der Waals surface area contributed by atoms with Crippen LogP contribution in [0.4, 0.5) is 4.39 Å². The number of nitrogens with one attached hydrogen (secondary N) is 1. The second-order valence-corrected chi connectivity index (χ2v) is 5.31. The van der Waals surface area contributed by atoms with Crippen LogP contribution in [0.15, 0.2) is 30.5 Å². The number of aromatic nitrogens is 2. The van der Waals surface area contributed by atoms with Gasteiger partial charge in [-0.05, 0) is 24.3 Å². The van der Waals surface area contributed by atoms with Crippen molar-refractivity contribution in [1.29, 1.82) is 0 Å². The first-order valence-electron chi connectivity index (χ1n) is 5.99. The van der Waals surface area contributed by atoms with E-state index in [0.29, 0.717) is 11.5 Å². The summed E-state index contributed by atoms with van der Waals surface area (Å²) in [5, 5.41) is 11.8. The van der Waals surface area contributed by atoms with Crippen molar-refractivity contribution in [1.82, 2.24) is 9.97 Å². The van der Waals surface area contributed by atoms with E-state index in [4.69, 9.17) is 0 Å². The van der Waals surface area contributed by atoms with Crippen LogP contribution in [-0.2, 0) is 0 Å². The highest BCUT2D eigenvalue weighted by Crippen LogP contribution is 2.15. The monoisotopic (exact) mass is 261 g/mol. The smallest absolute Gasteiger partial charge is 0.202 e. The molecule has 5 heteroatoms. The molecule has 0 unspecified atom stereocenters. The number of aromatic amines is 1. The van der Waals surface area contributed by atoms with E-state index in [-0.39, 0.29) is 5.82 Å². The molecule has 0 aliphatic carbocycles. The maximum absolute atomic E-state index is 12.8. The highest BCUT2D eigenvalue weighted by molar-refractivity contribution is 5.74. The van der Waals surface area contributed by atoms with Crippen LogP contribution in [0.2, 0.25) is 0 Å². The molecular weight excluding hydrogens is 245 g/mol. The van der Waals surface area contributed by atoms with Crippen LogP contribution in [0.25, 0.3) is 11.4 Å². The first-order valence-corrected chi connectivity index (χ1v) is 5.99. The van der Waals surface area contributed by atoms with E-state index in [1.165, 1.54) is 18.3 Å². The predicted molar refractivity (Wildman–Crippen MR) is 72.5 cm³/mol. The van der Waals surface area contributed by atoms with Gasteiger partial charge in [-0.3, -0.25) is 0 Å². The zero-order valence-electron chi connectivity index (χ0n) is 11.1. The van der Waals surface area contributed by atoms with Gasteiger partial charge in [0.2, 0.25) is 6.21 Å². The normalized spacial score (nSPS) is 12.7. The molecule has 0 atom stereocenters. The summed E-state index contributed by atoms with van der Waals surface area (Å²) in [6, 6.07) is 6.01. The summed E-state index contributed by atoms with van der Waals surface area (Å²) in [7, 11) is 0. The van der Waals surface area contributed by atoms with Gasteiger partial charge in [0.1, 0.15) is 17.3 Å². The molecule has 0 saturated heterocycles. The number of hydrogen-bond donors (Lipinski definition) is 1. The van der Waals surface area contributed by atoms with Crippen LogP contribution in [0, 0.1) is 11.0 Å². The van der Waals surface area contributed by atoms with Gasteiger partial charge in [-0.25, -0.2) is 14.1 Å². The summed E-state index contributed by atoms with van der Waals surface area (Å²) in [5.41, 5.74) is 0.813. The van der Waals surface area contributed by atoms with Crippen LogP contribution in [0.3, 0.4) is 0 Å². The fourth-order valence-electron chi connectivity index (χ4n) is 1.47. The molecule has 4 nitrogen and oxygen atoms in total. The second kappa shape index (κ2) is 4.84. The third-order valence-electron chi connectivity index (χ3n) is 2.63. The Kier molecular flexibility index (Phi) is 3.38. The Balaban J connectivity index is 2.27. The topological polar surface area (TPSA) is 54.8 Å². The van der Waals surface area contributed by atoms with Crippen LogP contribution in [0.1, 0.15) is 26.5 Å². The zero-order valence-corrected chi connectivity index (χ0v) is 11.1.